The fraction of sp³-hybridized carbons (Fsp3) is 0.235. The molecule has 0 aliphatic rings. The third-order valence-corrected chi connectivity index (χ3v) is 3.79. The lowest BCUT2D eigenvalue weighted by molar-refractivity contribution is -0.115. The fourth-order valence-electron chi connectivity index (χ4n) is 2.21. The van der Waals surface area contributed by atoms with Crippen LogP contribution in [0.4, 0.5) is 5.69 Å². The molecule has 2 aromatic carbocycles. The van der Waals surface area contributed by atoms with E-state index in [0.29, 0.717) is 17.2 Å². The van der Waals surface area contributed by atoms with Gasteiger partial charge in [0.1, 0.15) is 0 Å². The van der Waals surface area contributed by atoms with Crippen molar-refractivity contribution in [3.05, 3.63) is 46.4 Å². The van der Waals surface area contributed by atoms with Crippen molar-refractivity contribution >= 4 is 27.5 Å². The van der Waals surface area contributed by atoms with Gasteiger partial charge in [-0.15, -0.1) is 0 Å². The molecule has 5 nitrogen and oxygen atoms in total. The first-order valence-electron chi connectivity index (χ1n) is 6.92. The van der Waals surface area contributed by atoms with Crippen LogP contribution in [-0.2, 0) is 11.2 Å². The lowest BCUT2D eigenvalue weighted by Crippen LogP contribution is -2.15. The number of ether oxygens (including phenoxy) is 3. The zero-order valence-corrected chi connectivity index (χ0v) is 14.8. The molecular weight excluding hydrogens is 362 g/mol. The van der Waals surface area contributed by atoms with Crippen molar-refractivity contribution in [1.29, 1.82) is 0 Å². The van der Waals surface area contributed by atoms with Crippen LogP contribution in [0.15, 0.2) is 40.9 Å². The molecule has 6 heteroatoms. The van der Waals surface area contributed by atoms with E-state index in [0.717, 1.165) is 15.7 Å². The topological polar surface area (TPSA) is 56.8 Å². The molecule has 2 rings (SSSR count). The third-order valence-electron chi connectivity index (χ3n) is 3.26. The van der Waals surface area contributed by atoms with Gasteiger partial charge in [0.15, 0.2) is 11.5 Å². The van der Waals surface area contributed by atoms with Gasteiger partial charge < -0.3 is 19.5 Å². The molecule has 1 N–H and O–H groups in total. The van der Waals surface area contributed by atoms with E-state index in [1.165, 1.54) is 14.2 Å². The molecule has 0 heterocycles. The summed E-state index contributed by atoms with van der Waals surface area (Å²) in [7, 11) is 4.62. The molecule has 0 radical (unpaired) electrons. The van der Waals surface area contributed by atoms with Crippen molar-refractivity contribution in [2.75, 3.05) is 26.6 Å². The number of hydrogen-bond acceptors (Lipinski definition) is 4. The highest BCUT2D eigenvalue weighted by Crippen LogP contribution is 2.39. The Balaban J connectivity index is 2.18. The Morgan fingerprint density at radius 2 is 1.61 bits per heavy atom. The third kappa shape index (κ3) is 4.16. The van der Waals surface area contributed by atoms with Gasteiger partial charge in [0.05, 0.1) is 27.8 Å². The highest BCUT2D eigenvalue weighted by molar-refractivity contribution is 9.10. The molecule has 0 atom stereocenters. The van der Waals surface area contributed by atoms with Crippen molar-refractivity contribution in [1.82, 2.24) is 0 Å². The number of rotatable bonds is 6. The van der Waals surface area contributed by atoms with E-state index in [4.69, 9.17) is 14.2 Å². The molecule has 0 bridgehead atoms. The average molecular weight is 380 g/mol. The fourth-order valence-corrected chi connectivity index (χ4v) is 2.48. The minimum atomic E-state index is -0.141. The average Bonchev–Trinajstić information content (AvgIpc) is 2.56. The van der Waals surface area contributed by atoms with Crippen molar-refractivity contribution < 1.29 is 19.0 Å². The predicted molar refractivity (Wildman–Crippen MR) is 92.6 cm³/mol. The SMILES string of the molecule is COc1ccc(CC(=O)Nc2ccc(Br)cc2)c(OC)c1OC. The molecule has 1 amide bonds. The lowest BCUT2D eigenvalue weighted by atomic mass is 10.1. The normalized spacial score (nSPS) is 10.1. The molecule has 122 valence electrons. The summed E-state index contributed by atoms with van der Waals surface area (Å²) in [6, 6.07) is 10.9. The molecule has 0 saturated carbocycles. The molecule has 2 aromatic rings. The van der Waals surface area contributed by atoms with E-state index in [1.54, 1.807) is 19.2 Å². The van der Waals surface area contributed by atoms with E-state index in [2.05, 4.69) is 21.2 Å². The Hall–Kier alpha value is -2.21. The van der Waals surface area contributed by atoms with Crippen molar-refractivity contribution in [3.63, 3.8) is 0 Å². The van der Waals surface area contributed by atoms with E-state index in [9.17, 15) is 4.79 Å². The first-order chi connectivity index (χ1) is 11.1. The number of halogens is 1. The summed E-state index contributed by atoms with van der Waals surface area (Å²) in [5, 5.41) is 2.85. The zero-order valence-electron chi connectivity index (χ0n) is 13.2. The predicted octanol–water partition coefficient (Wildman–Crippen LogP) is 3.66. The van der Waals surface area contributed by atoms with Gasteiger partial charge in [-0.3, -0.25) is 4.79 Å². The van der Waals surface area contributed by atoms with Gasteiger partial charge in [-0.2, -0.15) is 0 Å². The summed E-state index contributed by atoms with van der Waals surface area (Å²) >= 11 is 3.36. The highest BCUT2D eigenvalue weighted by atomic mass is 79.9. The summed E-state index contributed by atoms with van der Waals surface area (Å²) in [5.41, 5.74) is 1.46. The summed E-state index contributed by atoms with van der Waals surface area (Å²) in [5.74, 6) is 1.39. The maximum absolute atomic E-state index is 12.2. The first kappa shape index (κ1) is 17.1. The van der Waals surface area contributed by atoms with Crippen LogP contribution in [0.2, 0.25) is 0 Å². The number of carbonyl (C=O) groups excluding carboxylic acids is 1. The molecule has 0 aliphatic carbocycles. The molecule has 0 unspecified atom stereocenters. The van der Waals surface area contributed by atoms with Crippen LogP contribution in [-0.4, -0.2) is 27.2 Å². The second-order valence-electron chi connectivity index (χ2n) is 4.73. The van der Waals surface area contributed by atoms with E-state index in [1.807, 2.05) is 24.3 Å². The standard InChI is InChI=1S/C17H18BrNO4/c1-21-14-9-4-11(16(22-2)17(14)23-3)10-15(20)19-13-7-5-12(18)6-8-13/h4-9H,10H2,1-3H3,(H,19,20). The minimum absolute atomic E-state index is 0.141. The number of carbonyl (C=O) groups is 1. The smallest absolute Gasteiger partial charge is 0.228 e. The summed E-state index contributed by atoms with van der Waals surface area (Å²) < 4.78 is 16.9. The zero-order chi connectivity index (χ0) is 16.8. The van der Waals surface area contributed by atoms with Crippen molar-refractivity contribution in [2.45, 2.75) is 6.42 Å². The van der Waals surface area contributed by atoms with Crippen LogP contribution in [0.5, 0.6) is 17.2 Å². The number of benzene rings is 2. The molecule has 0 fully saturated rings. The molecule has 0 saturated heterocycles. The second-order valence-corrected chi connectivity index (χ2v) is 5.64. The number of nitrogens with one attached hydrogen (secondary N) is 1. The number of amides is 1. The maximum Gasteiger partial charge on any atom is 0.228 e. The van der Waals surface area contributed by atoms with Crippen LogP contribution < -0.4 is 19.5 Å². The van der Waals surface area contributed by atoms with Gasteiger partial charge >= 0.3 is 0 Å². The molecule has 23 heavy (non-hydrogen) atoms. The summed E-state index contributed by atoms with van der Waals surface area (Å²) in [6.07, 6.45) is 0.166. The Bertz CT molecular complexity index is 686. The van der Waals surface area contributed by atoms with E-state index < -0.39 is 0 Å². The van der Waals surface area contributed by atoms with Crippen molar-refractivity contribution in [2.24, 2.45) is 0 Å². The Morgan fingerprint density at radius 3 is 2.17 bits per heavy atom. The second kappa shape index (κ2) is 7.87. The number of anilines is 1. The monoisotopic (exact) mass is 379 g/mol. The van der Waals surface area contributed by atoms with Gasteiger partial charge in [0.25, 0.3) is 0 Å². The number of methoxy groups -OCH3 is 3. The van der Waals surface area contributed by atoms with Gasteiger partial charge in [-0.25, -0.2) is 0 Å². The molecule has 0 aliphatic heterocycles. The quantitative estimate of drug-likeness (QED) is 0.831. The van der Waals surface area contributed by atoms with E-state index in [-0.39, 0.29) is 12.3 Å². The maximum atomic E-state index is 12.2. The highest BCUT2D eigenvalue weighted by Gasteiger charge is 2.17. The first-order valence-corrected chi connectivity index (χ1v) is 7.71. The van der Waals surface area contributed by atoms with Gasteiger partial charge in [-0.1, -0.05) is 22.0 Å². The Morgan fingerprint density at radius 1 is 0.957 bits per heavy atom. The lowest BCUT2D eigenvalue weighted by Gasteiger charge is -2.15. The largest absolute Gasteiger partial charge is 0.493 e. The van der Waals surface area contributed by atoms with Crippen molar-refractivity contribution in [3.8, 4) is 17.2 Å². The van der Waals surface area contributed by atoms with Gasteiger partial charge in [-0.05, 0) is 30.3 Å². The van der Waals surface area contributed by atoms with Crippen LogP contribution in [0.25, 0.3) is 0 Å². The summed E-state index contributed by atoms with van der Waals surface area (Å²) in [6.45, 7) is 0. The molecular formula is C17H18BrNO4. The Kier molecular flexibility index (Phi) is 5.87. The van der Waals surface area contributed by atoms with Gasteiger partial charge in [0.2, 0.25) is 11.7 Å². The minimum Gasteiger partial charge on any atom is -0.493 e. The van der Waals surface area contributed by atoms with Crippen LogP contribution in [0, 0.1) is 0 Å². The van der Waals surface area contributed by atoms with E-state index >= 15 is 0 Å². The number of hydrogen-bond donors (Lipinski definition) is 1. The molecule has 0 aromatic heterocycles. The summed E-state index contributed by atoms with van der Waals surface area (Å²) in [4.78, 5) is 12.2. The molecule has 0 spiro atoms. The van der Waals surface area contributed by atoms with Crippen LogP contribution >= 0.6 is 15.9 Å². The van der Waals surface area contributed by atoms with Gasteiger partial charge in [0, 0.05) is 15.7 Å². The Labute approximate surface area is 143 Å². The van der Waals surface area contributed by atoms with Crippen LogP contribution in [0.1, 0.15) is 5.56 Å². The van der Waals surface area contributed by atoms with Crippen LogP contribution in [0.3, 0.4) is 0 Å².